The van der Waals surface area contributed by atoms with Gasteiger partial charge in [-0.05, 0) is 36.8 Å². The summed E-state index contributed by atoms with van der Waals surface area (Å²) in [6, 6.07) is 10.0. The highest BCUT2D eigenvalue weighted by molar-refractivity contribution is 5.94. The Bertz CT molecular complexity index is 606. The summed E-state index contributed by atoms with van der Waals surface area (Å²) in [6.07, 6.45) is 2.95. The fourth-order valence-electron chi connectivity index (χ4n) is 1.44. The van der Waals surface area contributed by atoms with Crippen molar-refractivity contribution in [2.45, 2.75) is 6.92 Å². The third-order valence-corrected chi connectivity index (χ3v) is 2.42. The van der Waals surface area contributed by atoms with Crippen LogP contribution < -0.4 is 5.43 Å². The fourth-order valence-corrected chi connectivity index (χ4v) is 1.44. The molecule has 5 nitrogen and oxygen atoms in total. The van der Waals surface area contributed by atoms with Gasteiger partial charge < -0.3 is 5.11 Å². The van der Waals surface area contributed by atoms with Crippen molar-refractivity contribution in [3.8, 4) is 5.75 Å². The SMILES string of the molecule is Cc1ccc(C(=O)N/N=C\c2cccc(O)c2)cn1. The zero-order chi connectivity index (χ0) is 13.7. The Labute approximate surface area is 110 Å². The number of aromatic hydroxyl groups is 1. The number of rotatable bonds is 3. The molecule has 0 unspecified atom stereocenters. The van der Waals surface area contributed by atoms with E-state index in [1.807, 2.05) is 6.92 Å². The summed E-state index contributed by atoms with van der Waals surface area (Å²) in [5.74, 6) is -0.179. The number of amides is 1. The van der Waals surface area contributed by atoms with Crippen LogP contribution in [0.3, 0.4) is 0 Å². The van der Waals surface area contributed by atoms with Crippen LogP contribution in [0.1, 0.15) is 21.6 Å². The van der Waals surface area contributed by atoms with E-state index < -0.39 is 0 Å². The summed E-state index contributed by atoms with van der Waals surface area (Å²) in [4.78, 5) is 15.7. The Kier molecular flexibility index (Phi) is 3.87. The second-order valence-corrected chi connectivity index (χ2v) is 3.98. The van der Waals surface area contributed by atoms with E-state index in [0.29, 0.717) is 11.1 Å². The van der Waals surface area contributed by atoms with E-state index in [1.165, 1.54) is 12.4 Å². The second-order valence-electron chi connectivity index (χ2n) is 3.98. The van der Waals surface area contributed by atoms with E-state index in [9.17, 15) is 9.90 Å². The number of carbonyl (C=O) groups is 1. The van der Waals surface area contributed by atoms with Crippen molar-refractivity contribution in [1.82, 2.24) is 10.4 Å². The summed E-state index contributed by atoms with van der Waals surface area (Å²) in [5.41, 5.74) is 4.38. The maximum Gasteiger partial charge on any atom is 0.272 e. The maximum atomic E-state index is 11.7. The molecule has 0 bridgehead atoms. The zero-order valence-corrected chi connectivity index (χ0v) is 10.4. The molecule has 1 aromatic heterocycles. The zero-order valence-electron chi connectivity index (χ0n) is 10.4. The number of carbonyl (C=O) groups excluding carboxylic acids is 1. The number of aromatic nitrogens is 1. The van der Waals surface area contributed by atoms with Gasteiger partial charge in [0.05, 0.1) is 11.8 Å². The molecule has 2 N–H and O–H groups in total. The van der Waals surface area contributed by atoms with Gasteiger partial charge in [0.25, 0.3) is 5.91 Å². The van der Waals surface area contributed by atoms with Crippen molar-refractivity contribution >= 4 is 12.1 Å². The number of nitrogens with one attached hydrogen (secondary N) is 1. The average Bonchev–Trinajstić information content (AvgIpc) is 2.39. The van der Waals surface area contributed by atoms with E-state index in [4.69, 9.17) is 0 Å². The number of phenolic OH excluding ortho intramolecular Hbond substituents is 1. The van der Waals surface area contributed by atoms with E-state index >= 15 is 0 Å². The van der Waals surface area contributed by atoms with Crippen LogP contribution in [0.15, 0.2) is 47.7 Å². The summed E-state index contributed by atoms with van der Waals surface area (Å²) in [7, 11) is 0. The highest BCUT2D eigenvalue weighted by Gasteiger charge is 2.03. The smallest absolute Gasteiger partial charge is 0.272 e. The Morgan fingerprint density at radius 2 is 2.21 bits per heavy atom. The lowest BCUT2D eigenvalue weighted by molar-refractivity contribution is 0.0955. The lowest BCUT2D eigenvalue weighted by atomic mass is 10.2. The third kappa shape index (κ3) is 3.64. The topological polar surface area (TPSA) is 74.6 Å². The molecule has 2 aromatic rings. The van der Waals surface area contributed by atoms with E-state index in [0.717, 1.165) is 5.69 Å². The number of benzene rings is 1. The van der Waals surface area contributed by atoms with E-state index in [2.05, 4.69) is 15.5 Å². The minimum absolute atomic E-state index is 0.151. The van der Waals surface area contributed by atoms with Crippen molar-refractivity contribution in [2.75, 3.05) is 0 Å². The first-order valence-electron chi connectivity index (χ1n) is 5.70. The molecule has 0 fully saturated rings. The molecular weight excluding hydrogens is 242 g/mol. The summed E-state index contributed by atoms with van der Waals surface area (Å²) >= 11 is 0. The van der Waals surface area contributed by atoms with Crippen molar-refractivity contribution < 1.29 is 9.90 Å². The summed E-state index contributed by atoms with van der Waals surface area (Å²) < 4.78 is 0. The molecule has 0 aliphatic carbocycles. The van der Waals surface area contributed by atoms with Gasteiger partial charge in [0.2, 0.25) is 0 Å². The molecule has 0 aliphatic heterocycles. The lowest BCUT2D eigenvalue weighted by Crippen LogP contribution is -2.17. The molecule has 96 valence electrons. The molecule has 1 aromatic carbocycles. The lowest BCUT2D eigenvalue weighted by Gasteiger charge is -1.99. The molecule has 19 heavy (non-hydrogen) atoms. The van der Waals surface area contributed by atoms with Gasteiger partial charge in [-0.15, -0.1) is 0 Å². The predicted molar refractivity (Wildman–Crippen MR) is 72.1 cm³/mol. The normalized spacial score (nSPS) is 10.6. The van der Waals surface area contributed by atoms with Crippen LogP contribution in [0.25, 0.3) is 0 Å². The van der Waals surface area contributed by atoms with Gasteiger partial charge in [0.1, 0.15) is 5.75 Å². The average molecular weight is 255 g/mol. The molecule has 1 amide bonds. The van der Waals surface area contributed by atoms with Crippen molar-refractivity contribution in [3.63, 3.8) is 0 Å². The molecule has 0 spiro atoms. The van der Waals surface area contributed by atoms with Crippen molar-refractivity contribution in [1.29, 1.82) is 0 Å². The summed E-state index contributed by atoms with van der Waals surface area (Å²) in [6.45, 7) is 1.85. The monoisotopic (exact) mass is 255 g/mol. The van der Waals surface area contributed by atoms with Crippen LogP contribution in [0.5, 0.6) is 5.75 Å². The van der Waals surface area contributed by atoms with Crippen LogP contribution in [-0.4, -0.2) is 22.2 Å². The van der Waals surface area contributed by atoms with Gasteiger partial charge in [0, 0.05) is 11.9 Å². The molecule has 0 atom stereocenters. The third-order valence-electron chi connectivity index (χ3n) is 2.42. The maximum absolute atomic E-state index is 11.7. The minimum atomic E-state index is -0.330. The highest BCUT2D eigenvalue weighted by atomic mass is 16.3. The number of hydrogen-bond acceptors (Lipinski definition) is 4. The first kappa shape index (κ1) is 12.8. The van der Waals surface area contributed by atoms with Gasteiger partial charge >= 0.3 is 0 Å². The number of hydrogen-bond donors (Lipinski definition) is 2. The highest BCUT2D eigenvalue weighted by Crippen LogP contribution is 2.08. The van der Waals surface area contributed by atoms with Crippen LogP contribution in [-0.2, 0) is 0 Å². The first-order chi connectivity index (χ1) is 9.15. The quantitative estimate of drug-likeness (QED) is 0.649. The number of phenols is 1. The van der Waals surface area contributed by atoms with Gasteiger partial charge in [-0.25, -0.2) is 5.43 Å². The van der Waals surface area contributed by atoms with Gasteiger partial charge in [0.15, 0.2) is 0 Å². The predicted octanol–water partition coefficient (Wildman–Crippen LogP) is 1.86. The first-order valence-corrected chi connectivity index (χ1v) is 5.70. The molecule has 5 heteroatoms. The second kappa shape index (κ2) is 5.77. The van der Waals surface area contributed by atoms with Crippen LogP contribution in [0.2, 0.25) is 0 Å². The molecule has 0 radical (unpaired) electrons. The van der Waals surface area contributed by atoms with Gasteiger partial charge in [-0.1, -0.05) is 12.1 Å². The van der Waals surface area contributed by atoms with E-state index in [-0.39, 0.29) is 11.7 Å². The number of hydrazone groups is 1. The molecule has 1 heterocycles. The Hall–Kier alpha value is -2.69. The molecule has 0 aliphatic rings. The fraction of sp³-hybridized carbons (Fsp3) is 0.0714. The van der Waals surface area contributed by atoms with Crippen molar-refractivity contribution in [3.05, 3.63) is 59.4 Å². The molecular formula is C14H13N3O2. The standard InChI is InChI=1S/C14H13N3O2/c1-10-5-6-12(9-15-10)14(19)17-16-8-11-3-2-4-13(18)7-11/h2-9,18H,1H3,(H,17,19)/b16-8-. The summed E-state index contributed by atoms with van der Waals surface area (Å²) in [5, 5.41) is 13.1. The largest absolute Gasteiger partial charge is 0.508 e. The molecule has 0 saturated carbocycles. The number of nitrogens with zero attached hydrogens (tertiary/aromatic N) is 2. The number of aryl methyl sites for hydroxylation is 1. The Balaban J connectivity index is 1.98. The number of pyridine rings is 1. The van der Waals surface area contributed by atoms with E-state index in [1.54, 1.807) is 36.4 Å². The van der Waals surface area contributed by atoms with Crippen LogP contribution in [0.4, 0.5) is 0 Å². The molecule has 2 rings (SSSR count). The van der Waals surface area contributed by atoms with Gasteiger partial charge in [-0.3, -0.25) is 9.78 Å². The van der Waals surface area contributed by atoms with Gasteiger partial charge in [-0.2, -0.15) is 5.10 Å². The minimum Gasteiger partial charge on any atom is -0.508 e. The molecule has 0 saturated heterocycles. The van der Waals surface area contributed by atoms with Crippen LogP contribution >= 0.6 is 0 Å². The Morgan fingerprint density at radius 3 is 2.89 bits per heavy atom. The van der Waals surface area contributed by atoms with Crippen molar-refractivity contribution in [2.24, 2.45) is 5.10 Å². The van der Waals surface area contributed by atoms with Crippen LogP contribution in [0, 0.1) is 6.92 Å². The Morgan fingerprint density at radius 1 is 1.37 bits per heavy atom.